The van der Waals surface area contributed by atoms with E-state index in [0.29, 0.717) is 30.8 Å². The molecule has 1 heterocycles. The van der Waals surface area contributed by atoms with E-state index in [0.717, 1.165) is 12.1 Å². The molecular formula is C21H25FN2O4S. The largest absolute Gasteiger partial charge is 0.491 e. The first-order valence-corrected chi connectivity index (χ1v) is 11.0. The van der Waals surface area contributed by atoms with Crippen LogP contribution < -0.4 is 10.1 Å². The minimum Gasteiger partial charge on any atom is -0.491 e. The second-order valence-corrected chi connectivity index (χ2v) is 9.28. The maximum Gasteiger partial charge on any atom is 0.243 e. The predicted octanol–water partition coefficient (Wildman–Crippen LogP) is 3.65. The van der Waals surface area contributed by atoms with Crippen LogP contribution >= 0.6 is 0 Å². The van der Waals surface area contributed by atoms with E-state index >= 15 is 0 Å². The van der Waals surface area contributed by atoms with Crippen LogP contribution in [0.4, 0.5) is 10.1 Å². The summed E-state index contributed by atoms with van der Waals surface area (Å²) < 4.78 is 45.7. The summed E-state index contributed by atoms with van der Waals surface area (Å²) in [5, 5.41) is 2.85. The van der Waals surface area contributed by atoms with Crippen molar-refractivity contribution in [3.63, 3.8) is 0 Å². The Morgan fingerprint density at radius 3 is 2.62 bits per heavy atom. The zero-order valence-electron chi connectivity index (χ0n) is 16.5. The van der Waals surface area contributed by atoms with Crippen molar-refractivity contribution in [1.82, 2.24) is 4.31 Å². The summed E-state index contributed by atoms with van der Waals surface area (Å²) in [6.45, 7) is 4.27. The lowest BCUT2D eigenvalue weighted by molar-refractivity contribution is -0.120. The molecule has 6 nitrogen and oxygen atoms in total. The number of rotatable bonds is 6. The van der Waals surface area contributed by atoms with E-state index in [9.17, 15) is 17.6 Å². The number of nitrogens with one attached hydrogen (secondary N) is 1. The molecule has 1 atom stereocenters. The van der Waals surface area contributed by atoms with Gasteiger partial charge in [-0.25, -0.2) is 12.8 Å². The number of anilines is 1. The number of piperidine rings is 1. The summed E-state index contributed by atoms with van der Waals surface area (Å²) in [7, 11) is -3.77. The van der Waals surface area contributed by atoms with Crippen molar-refractivity contribution in [3.8, 4) is 5.75 Å². The Morgan fingerprint density at radius 1 is 1.21 bits per heavy atom. The van der Waals surface area contributed by atoms with Gasteiger partial charge in [0.2, 0.25) is 15.9 Å². The van der Waals surface area contributed by atoms with E-state index in [1.54, 1.807) is 18.2 Å². The van der Waals surface area contributed by atoms with Gasteiger partial charge >= 0.3 is 0 Å². The Bertz CT molecular complexity index is 961. The summed E-state index contributed by atoms with van der Waals surface area (Å²) >= 11 is 0. The van der Waals surface area contributed by atoms with E-state index < -0.39 is 21.8 Å². The van der Waals surface area contributed by atoms with Crippen LogP contribution in [-0.2, 0) is 14.8 Å². The molecule has 0 aromatic heterocycles. The Morgan fingerprint density at radius 2 is 1.93 bits per heavy atom. The number of hydrogen-bond donors (Lipinski definition) is 1. The van der Waals surface area contributed by atoms with E-state index in [1.807, 2.05) is 19.9 Å². The molecule has 8 heteroatoms. The molecule has 2 aromatic carbocycles. The first kappa shape index (κ1) is 21.3. The lowest BCUT2D eigenvalue weighted by Gasteiger charge is -2.31. The zero-order chi connectivity index (χ0) is 21.0. The van der Waals surface area contributed by atoms with Crippen molar-refractivity contribution in [2.75, 3.05) is 18.4 Å². The lowest BCUT2D eigenvalue weighted by atomic mass is 9.98. The molecule has 1 saturated heterocycles. The third-order valence-corrected chi connectivity index (χ3v) is 6.56. The fourth-order valence-electron chi connectivity index (χ4n) is 3.29. The second kappa shape index (κ2) is 8.92. The van der Waals surface area contributed by atoms with Crippen LogP contribution in [0.1, 0.15) is 26.7 Å². The van der Waals surface area contributed by atoms with Crippen LogP contribution in [0.3, 0.4) is 0 Å². The van der Waals surface area contributed by atoms with Gasteiger partial charge < -0.3 is 10.1 Å². The number of amides is 1. The van der Waals surface area contributed by atoms with Gasteiger partial charge in [0.05, 0.1) is 16.9 Å². The minimum absolute atomic E-state index is 0.0181. The van der Waals surface area contributed by atoms with E-state index in [4.69, 9.17) is 4.74 Å². The molecule has 3 rings (SSSR count). The molecule has 1 N–H and O–H groups in total. The highest BCUT2D eigenvalue weighted by Gasteiger charge is 2.33. The molecule has 0 saturated carbocycles. The van der Waals surface area contributed by atoms with Crippen molar-refractivity contribution < 1.29 is 22.3 Å². The summed E-state index contributed by atoms with van der Waals surface area (Å²) in [6.07, 6.45) is 1.20. The fourth-order valence-corrected chi connectivity index (χ4v) is 4.82. The number of carbonyl (C=O) groups is 1. The summed E-state index contributed by atoms with van der Waals surface area (Å²) in [6, 6.07) is 11.8. The van der Waals surface area contributed by atoms with Crippen LogP contribution in [0.25, 0.3) is 0 Å². The van der Waals surface area contributed by atoms with E-state index in [1.165, 1.54) is 16.4 Å². The molecule has 29 heavy (non-hydrogen) atoms. The minimum atomic E-state index is -3.77. The monoisotopic (exact) mass is 420 g/mol. The third-order valence-electron chi connectivity index (χ3n) is 4.68. The number of halogens is 1. The molecule has 0 bridgehead atoms. The Hall–Kier alpha value is -2.45. The van der Waals surface area contributed by atoms with E-state index in [-0.39, 0.29) is 23.5 Å². The molecule has 1 amide bonds. The van der Waals surface area contributed by atoms with Crippen LogP contribution in [-0.4, -0.2) is 37.8 Å². The molecule has 0 radical (unpaired) electrons. The van der Waals surface area contributed by atoms with Crippen molar-refractivity contribution >= 4 is 21.6 Å². The molecule has 1 aliphatic rings. The van der Waals surface area contributed by atoms with E-state index in [2.05, 4.69) is 5.32 Å². The second-order valence-electron chi connectivity index (χ2n) is 7.34. The van der Waals surface area contributed by atoms with Gasteiger partial charge in [0.15, 0.2) is 0 Å². The number of nitrogens with zero attached hydrogens (tertiary/aromatic N) is 1. The van der Waals surface area contributed by atoms with Crippen molar-refractivity contribution in [2.24, 2.45) is 5.92 Å². The Kier molecular flexibility index (Phi) is 6.54. The van der Waals surface area contributed by atoms with Gasteiger partial charge in [0.1, 0.15) is 11.6 Å². The number of carbonyl (C=O) groups excluding carboxylic acids is 1. The number of hydrogen-bond acceptors (Lipinski definition) is 4. The van der Waals surface area contributed by atoms with Gasteiger partial charge in [-0.2, -0.15) is 4.31 Å². The first-order valence-electron chi connectivity index (χ1n) is 9.59. The van der Waals surface area contributed by atoms with Gasteiger partial charge in [-0.05, 0) is 63.1 Å². The normalized spacial score (nSPS) is 17.9. The highest BCUT2D eigenvalue weighted by Crippen LogP contribution is 2.26. The van der Waals surface area contributed by atoms with Gasteiger partial charge in [0, 0.05) is 24.8 Å². The van der Waals surface area contributed by atoms with Gasteiger partial charge in [0.25, 0.3) is 0 Å². The first-order chi connectivity index (χ1) is 13.8. The lowest BCUT2D eigenvalue weighted by Crippen LogP contribution is -2.43. The van der Waals surface area contributed by atoms with Crippen LogP contribution in [0.5, 0.6) is 5.75 Å². The number of ether oxygens (including phenoxy) is 1. The molecule has 0 spiro atoms. The quantitative estimate of drug-likeness (QED) is 0.774. The number of benzene rings is 2. The van der Waals surface area contributed by atoms with Gasteiger partial charge in [-0.1, -0.05) is 6.07 Å². The molecule has 1 aliphatic heterocycles. The molecule has 1 unspecified atom stereocenters. The van der Waals surface area contributed by atoms with Crippen LogP contribution in [0.2, 0.25) is 0 Å². The predicted molar refractivity (Wildman–Crippen MR) is 109 cm³/mol. The topological polar surface area (TPSA) is 75.7 Å². The number of sulfonamides is 1. The van der Waals surface area contributed by atoms with Gasteiger partial charge in [-0.15, -0.1) is 0 Å². The SMILES string of the molecule is CC(C)Oc1cccc(NC(=O)C2CCCN(S(=O)(=O)c3ccc(F)cc3)C2)c1. The summed E-state index contributed by atoms with van der Waals surface area (Å²) in [5.41, 5.74) is 0.603. The van der Waals surface area contributed by atoms with Crippen molar-refractivity contribution in [3.05, 3.63) is 54.3 Å². The highest BCUT2D eigenvalue weighted by molar-refractivity contribution is 7.89. The zero-order valence-corrected chi connectivity index (χ0v) is 17.3. The Labute approximate surface area is 170 Å². The average molecular weight is 421 g/mol. The molecular weight excluding hydrogens is 395 g/mol. The average Bonchev–Trinajstić information content (AvgIpc) is 2.68. The fraction of sp³-hybridized carbons (Fsp3) is 0.381. The molecule has 0 aliphatic carbocycles. The van der Waals surface area contributed by atoms with Crippen molar-refractivity contribution in [1.29, 1.82) is 0 Å². The third kappa shape index (κ3) is 5.33. The molecule has 1 fully saturated rings. The molecule has 2 aromatic rings. The highest BCUT2D eigenvalue weighted by atomic mass is 32.2. The smallest absolute Gasteiger partial charge is 0.243 e. The Balaban J connectivity index is 1.69. The van der Waals surface area contributed by atoms with Crippen molar-refractivity contribution in [2.45, 2.75) is 37.7 Å². The van der Waals surface area contributed by atoms with Crippen LogP contribution in [0, 0.1) is 11.7 Å². The van der Waals surface area contributed by atoms with Crippen LogP contribution in [0.15, 0.2) is 53.4 Å². The maximum atomic E-state index is 13.1. The summed E-state index contributed by atoms with van der Waals surface area (Å²) in [4.78, 5) is 12.8. The van der Waals surface area contributed by atoms with Gasteiger partial charge in [-0.3, -0.25) is 4.79 Å². The molecule has 156 valence electrons. The maximum absolute atomic E-state index is 13.1. The summed E-state index contributed by atoms with van der Waals surface area (Å²) in [5.74, 6) is -0.537. The standard InChI is InChI=1S/C21H25FN2O4S/c1-15(2)28-19-7-3-6-18(13-19)23-21(25)16-5-4-12-24(14-16)29(26,27)20-10-8-17(22)9-11-20/h3,6-11,13,15-16H,4-5,12,14H2,1-2H3,(H,23,25).